The summed E-state index contributed by atoms with van der Waals surface area (Å²) in [4.78, 5) is 0. The summed E-state index contributed by atoms with van der Waals surface area (Å²) in [5.74, 6) is 0. The summed E-state index contributed by atoms with van der Waals surface area (Å²) in [6, 6.07) is 0. The lowest BCUT2D eigenvalue weighted by Gasteiger charge is -2.32. The van der Waals surface area contributed by atoms with E-state index in [9.17, 15) is 5.11 Å². The molecule has 96 valence electrons. The van der Waals surface area contributed by atoms with Crippen LogP contribution in [0.15, 0.2) is 10.7 Å². The van der Waals surface area contributed by atoms with Gasteiger partial charge < -0.3 is 14.6 Å². The summed E-state index contributed by atoms with van der Waals surface area (Å²) in [5.41, 5.74) is -0.157. The van der Waals surface area contributed by atoms with Gasteiger partial charge in [-0.15, -0.1) is 0 Å². The van der Waals surface area contributed by atoms with Crippen LogP contribution in [0.1, 0.15) is 18.5 Å². The molecular formula is C11H17BrN2O3. The minimum absolute atomic E-state index is 0.324. The molecule has 1 atom stereocenters. The molecule has 1 aliphatic heterocycles. The lowest BCUT2D eigenvalue weighted by Crippen LogP contribution is -2.38. The summed E-state index contributed by atoms with van der Waals surface area (Å²) in [5, 5.41) is 14.9. The summed E-state index contributed by atoms with van der Waals surface area (Å²) in [6.07, 6.45) is 3.26. The predicted molar refractivity (Wildman–Crippen MR) is 65.8 cm³/mol. The van der Waals surface area contributed by atoms with E-state index in [4.69, 9.17) is 9.47 Å². The van der Waals surface area contributed by atoms with E-state index in [1.807, 2.05) is 0 Å². The van der Waals surface area contributed by atoms with Gasteiger partial charge in [0.1, 0.15) is 5.60 Å². The Morgan fingerprint density at radius 1 is 1.71 bits per heavy atom. The second-order valence-corrected chi connectivity index (χ2v) is 5.10. The summed E-state index contributed by atoms with van der Waals surface area (Å²) < 4.78 is 13.0. The Morgan fingerprint density at radius 3 is 3.18 bits per heavy atom. The highest BCUT2D eigenvalue weighted by atomic mass is 79.9. The highest BCUT2D eigenvalue weighted by Crippen LogP contribution is 2.34. The van der Waals surface area contributed by atoms with E-state index in [0.717, 1.165) is 16.6 Å². The second-order valence-electron chi connectivity index (χ2n) is 4.24. The molecule has 1 aromatic heterocycles. The third kappa shape index (κ3) is 2.70. The fourth-order valence-corrected chi connectivity index (χ4v) is 2.80. The number of aromatic nitrogens is 2. The molecule has 5 nitrogen and oxygen atoms in total. The van der Waals surface area contributed by atoms with Crippen LogP contribution in [0.25, 0.3) is 0 Å². The highest BCUT2D eigenvalue weighted by Gasteiger charge is 2.37. The van der Waals surface area contributed by atoms with Crippen molar-refractivity contribution in [2.75, 3.05) is 26.9 Å². The number of hydrogen-bond donors (Lipinski definition) is 1. The number of halogens is 1. The average Bonchev–Trinajstić information content (AvgIpc) is 2.69. The maximum Gasteiger partial charge on any atom is 0.131 e. The molecule has 0 aromatic carbocycles. The zero-order chi connectivity index (χ0) is 12.3. The van der Waals surface area contributed by atoms with Gasteiger partial charge in [-0.05, 0) is 28.8 Å². The second kappa shape index (κ2) is 5.48. The van der Waals surface area contributed by atoms with E-state index in [0.29, 0.717) is 32.8 Å². The molecule has 1 unspecified atom stereocenters. The van der Waals surface area contributed by atoms with Crippen molar-refractivity contribution >= 4 is 15.9 Å². The molecule has 1 aliphatic rings. The summed E-state index contributed by atoms with van der Waals surface area (Å²) in [7, 11) is 1.65. The van der Waals surface area contributed by atoms with Crippen LogP contribution in [0.5, 0.6) is 0 Å². The van der Waals surface area contributed by atoms with Crippen molar-refractivity contribution in [1.29, 1.82) is 0 Å². The minimum atomic E-state index is -0.943. The van der Waals surface area contributed by atoms with E-state index in [1.54, 1.807) is 18.0 Å². The zero-order valence-electron chi connectivity index (χ0n) is 9.86. The topological polar surface area (TPSA) is 56.5 Å². The van der Waals surface area contributed by atoms with Crippen LogP contribution >= 0.6 is 15.9 Å². The fourth-order valence-electron chi connectivity index (χ4n) is 2.14. The van der Waals surface area contributed by atoms with Gasteiger partial charge in [-0.25, -0.2) is 0 Å². The van der Waals surface area contributed by atoms with Gasteiger partial charge in [0.2, 0.25) is 0 Å². The molecule has 6 heteroatoms. The lowest BCUT2D eigenvalue weighted by atomic mass is 9.93. The van der Waals surface area contributed by atoms with Gasteiger partial charge in [0.15, 0.2) is 0 Å². The smallest absolute Gasteiger partial charge is 0.131 e. The minimum Gasteiger partial charge on any atom is -0.383 e. The first kappa shape index (κ1) is 13.0. The first-order valence-electron chi connectivity index (χ1n) is 5.68. The van der Waals surface area contributed by atoms with E-state index >= 15 is 0 Å². The molecule has 0 amide bonds. The van der Waals surface area contributed by atoms with Crippen molar-refractivity contribution in [3.05, 3.63) is 16.4 Å². The number of rotatable bonds is 4. The molecular weight excluding hydrogens is 288 g/mol. The van der Waals surface area contributed by atoms with Gasteiger partial charge in [-0.1, -0.05) is 0 Å². The van der Waals surface area contributed by atoms with Crippen molar-refractivity contribution < 1.29 is 14.6 Å². The monoisotopic (exact) mass is 304 g/mol. The zero-order valence-corrected chi connectivity index (χ0v) is 11.4. The molecule has 1 fully saturated rings. The predicted octanol–water partition coefficient (Wildman–Crippen LogP) is 1.29. The normalized spacial score (nSPS) is 25.1. The van der Waals surface area contributed by atoms with E-state index in [2.05, 4.69) is 21.0 Å². The molecule has 0 aliphatic carbocycles. The molecule has 1 N–H and O–H groups in total. The standard InChI is InChI=1S/C11H17BrN2O3/c1-16-6-4-14-10(9(12)7-13-14)11(15)3-2-5-17-8-11/h7,15H,2-6,8H2,1H3. The molecule has 1 aromatic rings. The van der Waals surface area contributed by atoms with Crippen LogP contribution in [0, 0.1) is 0 Å². The fraction of sp³-hybridized carbons (Fsp3) is 0.727. The maximum absolute atomic E-state index is 10.6. The maximum atomic E-state index is 10.6. The highest BCUT2D eigenvalue weighted by molar-refractivity contribution is 9.10. The van der Waals surface area contributed by atoms with Gasteiger partial charge >= 0.3 is 0 Å². The van der Waals surface area contributed by atoms with Crippen LogP contribution in [0.3, 0.4) is 0 Å². The molecule has 0 radical (unpaired) electrons. The van der Waals surface area contributed by atoms with Crippen LogP contribution in [0.2, 0.25) is 0 Å². The molecule has 1 saturated heterocycles. The quantitative estimate of drug-likeness (QED) is 0.911. The third-order valence-corrected chi connectivity index (χ3v) is 3.54. The Labute approximate surface area is 109 Å². The average molecular weight is 305 g/mol. The Kier molecular flexibility index (Phi) is 4.19. The van der Waals surface area contributed by atoms with Crippen LogP contribution in [0.4, 0.5) is 0 Å². The summed E-state index contributed by atoms with van der Waals surface area (Å²) in [6.45, 7) is 2.23. The Morgan fingerprint density at radius 2 is 2.53 bits per heavy atom. The number of nitrogens with zero attached hydrogens (tertiary/aromatic N) is 2. The number of ether oxygens (including phenoxy) is 2. The van der Waals surface area contributed by atoms with E-state index < -0.39 is 5.60 Å². The largest absolute Gasteiger partial charge is 0.383 e. The first-order chi connectivity index (χ1) is 8.17. The number of aliphatic hydroxyl groups is 1. The Hall–Kier alpha value is -0.430. The number of methoxy groups -OCH3 is 1. The third-order valence-electron chi connectivity index (χ3n) is 2.96. The molecule has 2 heterocycles. The Balaban J connectivity index is 2.25. The Bertz CT molecular complexity index is 375. The van der Waals surface area contributed by atoms with Crippen molar-refractivity contribution in [3.8, 4) is 0 Å². The molecule has 2 rings (SSSR count). The van der Waals surface area contributed by atoms with Crippen LogP contribution in [-0.4, -0.2) is 41.8 Å². The van der Waals surface area contributed by atoms with Crippen molar-refractivity contribution in [3.63, 3.8) is 0 Å². The van der Waals surface area contributed by atoms with Crippen molar-refractivity contribution in [1.82, 2.24) is 9.78 Å². The molecule has 17 heavy (non-hydrogen) atoms. The van der Waals surface area contributed by atoms with Gasteiger partial charge in [-0.2, -0.15) is 5.10 Å². The summed E-state index contributed by atoms with van der Waals surface area (Å²) >= 11 is 3.44. The molecule has 0 spiro atoms. The van der Waals surface area contributed by atoms with Crippen molar-refractivity contribution in [2.45, 2.75) is 25.0 Å². The molecule has 0 bridgehead atoms. The lowest BCUT2D eigenvalue weighted by molar-refractivity contribution is -0.0958. The van der Waals surface area contributed by atoms with Gasteiger partial charge in [-0.3, -0.25) is 4.68 Å². The van der Waals surface area contributed by atoms with Crippen molar-refractivity contribution in [2.24, 2.45) is 0 Å². The first-order valence-corrected chi connectivity index (χ1v) is 6.47. The van der Waals surface area contributed by atoms with E-state index in [-0.39, 0.29) is 0 Å². The SMILES string of the molecule is COCCn1ncc(Br)c1C1(O)CCCOC1. The van der Waals surface area contributed by atoms with Gasteiger partial charge in [0.05, 0.1) is 36.1 Å². The van der Waals surface area contributed by atoms with E-state index in [1.165, 1.54) is 0 Å². The van der Waals surface area contributed by atoms with Gasteiger partial charge in [0.25, 0.3) is 0 Å². The van der Waals surface area contributed by atoms with Crippen LogP contribution < -0.4 is 0 Å². The molecule has 0 saturated carbocycles. The van der Waals surface area contributed by atoms with Gasteiger partial charge in [0, 0.05) is 13.7 Å². The number of hydrogen-bond acceptors (Lipinski definition) is 4. The van der Waals surface area contributed by atoms with Crippen LogP contribution in [-0.2, 0) is 21.6 Å².